The van der Waals surface area contributed by atoms with Crippen LogP contribution in [0.1, 0.15) is 35.2 Å². The Hall–Kier alpha value is -2.79. The van der Waals surface area contributed by atoms with E-state index in [1.807, 2.05) is 0 Å². The number of ether oxygens (including phenoxy) is 2. The molecule has 0 aromatic heterocycles. The first-order chi connectivity index (χ1) is 12.5. The minimum Gasteiger partial charge on any atom is -0.465 e. The van der Waals surface area contributed by atoms with Crippen LogP contribution in [0.4, 0.5) is 0 Å². The molecule has 0 aliphatic carbocycles. The van der Waals surface area contributed by atoms with E-state index in [1.165, 1.54) is 7.11 Å². The Kier molecular flexibility index (Phi) is 6.81. The minimum atomic E-state index is -0.459. The molecule has 1 aromatic rings. The predicted octanol–water partition coefficient (Wildman–Crippen LogP) is 2.11. The second kappa shape index (κ2) is 9.06. The van der Waals surface area contributed by atoms with Gasteiger partial charge in [-0.05, 0) is 24.6 Å². The number of benzene rings is 1. The van der Waals surface area contributed by atoms with Crippen molar-refractivity contribution in [2.24, 2.45) is 0 Å². The van der Waals surface area contributed by atoms with Crippen LogP contribution < -0.4 is 5.32 Å². The van der Waals surface area contributed by atoms with E-state index in [1.54, 1.807) is 31.2 Å². The summed E-state index contributed by atoms with van der Waals surface area (Å²) >= 11 is 1.07. The summed E-state index contributed by atoms with van der Waals surface area (Å²) in [4.78, 5) is 35.1. The van der Waals surface area contributed by atoms with E-state index in [9.17, 15) is 19.6 Å². The molecule has 0 saturated carbocycles. The number of amides is 1. The van der Waals surface area contributed by atoms with Gasteiger partial charge in [-0.1, -0.05) is 23.9 Å². The number of carbonyl (C=O) groups excluding carboxylic acids is 3. The SMILES string of the molecule is CCOC(=O)CSC1=C(C#N)[C@H](c2ccc(C(=O)OC)cc2)CC(=O)N1. The molecule has 1 aromatic carbocycles. The van der Waals surface area contributed by atoms with E-state index in [-0.39, 0.29) is 24.7 Å². The van der Waals surface area contributed by atoms with Crippen LogP contribution in [-0.2, 0) is 19.1 Å². The predicted molar refractivity (Wildman–Crippen MR) is 95.0 cm³/mol. The lowest BCUT2D eigenvalue weighted by atomic mass is 9.87. The molecule has 0 saturated heterocycles. The normalized spacial score (nSPS) is 16.5. The van der Waals surface area contributed by atoms with Crippen LogP contribution in [0.15, 0.2) is 34.9 Å². The van der Waals surface area contributed by atoms with E-state index < -0.39 is 17.9 Å². The van der Waals surface area contributed by atoms with Crippen LogP contribution in [0.3, 0.4) is 0 Å². The topological polar surface area (TPSA) is 105 Å². The summed E-state index contributed by atoms with van der Waals surface area (Å²) in [6, 6.07) is 8.70. The Labute approximate surface area is 155 Å². The molecule has 1 aliphatic rings. The summed E-state index contributed by atoms with van der Waals surface area (Å²) in [5.74, 6) is -1.55. The average molecular weight is 374 g/mol. The van der Waals surface area contributed by atoms with Crippen LogP contribution in [0, 0.1) is 11.3 Å². The van der Waals surface area contributed by atoms with Crippen molar-refractivity contribution in [3.8, 4) is 6.07 Å². The molecule has 0 unspecified atom stereocenters. The maximum absolute atomic E-state index is 12.1. The Morgan fingerprint density at radius 1 is 1.35 bits per heavy atom. The van der Waals surface area contributed by atoms with Gasteiger partial charge in [0.25, 0.3) is 0 Å². The zero-order valence-corrected chi connectivity index (χ0v) is 15.2. The summed E-state index contributed by atoms with van der Waals surface area (Å²) in [6.45, 7) is 1.98. The largest absolute Gasteiger partial charge is 0.465 e. The van der Waals surface area contributed by atoms with Crippen LogP contribution in [0.2, 0.25) is 0 Å². The molecule has 0 spiro atoms. The molecule has 1 heterocycles. The van der Waals surface area contributed by atoms with Crippen molar-refractivity contribution in [2.45, 2.75) is 19.3 Å². The number of hydrogen-bond acceptors (Lipinski definition) is 7. The summed E-state index contributed by atoms with van der Waals surface area (Å²) in [6.07, 6.45) is 0.115. The molecule has 2 rings (SSSR count). The van der Waals surface area contributed by atoms with Crippen molar-refractivity contribution in [3.63, 3.8) is 0 Å². The van der Waals surface area contributed by atoms with Crippen molar-refractivity contribution < 1.29 is 23.9 Å². The number of nitriles is 1. The summed E-state index contributed by atoms with van der Waals surface area (Å²) in [5.41, 5.74) is 1.50. The molecule has 0 radical (unpaired) electrons. The van der Waals surface area contributed by atoms with Gasteiger partial charge in [0.1, 0.15) is 0 Å². The maximum Gasteiger partial charge on any atom is 0.337 e. The third-order valence-corrected chi connectivity index (χ3v) is 4.72. The lowest BCUT2D eigenvalue weighted by Crippen LogP contribution is -2.31. The van der Waals surface area contributed by atoms with Crippen LogP contribution in [0.5, 0.6) is 0 Å². The summed E-state index contributed by atoms with van der Waals surface area (Å²) < 4.78 is 9.52. The first-order valence-corrected chi connectivity index (χ1v) is 8.89. The molecular weight excluding hydrogens is 356 g/mol. The van der Waals surface area contributed by atoms with E-state index in [0.29, 0.717) is 16.2 Å². The van der Waals surface area contributed by atoms with Crippen molar-refractivity contribution >= 4 is 29.6 Å². The van der Waals surface area contributed by atoms with Crippen LogP contribution in [-0.4, -0.2) is 37.3 Å². The van der Waals surface area contributed by atoms with Gasteiger partial charge in [-0.25, -0.2) is 4.79 Å². The quantitative estimate of drug-likeness (QED) is 0.760. The van der Waals surface area contributed by atoms with E-state index in [2.05, 4.69) is 16.1 Å². The lowest BCUT2D eigenvalue weighted by molar-refractivity contribution is -0.139. The molecule has 136 valence electrons. The van der Waals surface area contributed by atoms with Crippen LogP contribution in [0.25, 0.3) is 0 Å². The molecular formula is C18H18N2O5S. The molecule has 1 aliphatic heterocycles. The summed E-state index contributed by atoms with van der Waals surface area (Å²) in [7, 11) is 1.30. The number of nitrogens with one attached hydrogen (secondary N) is 1. The van der Waals surface area contributed by atoms with Crippen molar-refractivity contribution in [3.05, 3.63) is 46.0 Å². The van der Waals surface area contributed by atoms with Gasteiger partial charge >= 0.3 is 11.9 Å². The van der Waals surface area contributed by atoms with Gasteiger partial charge in [0, 0.05) is 12.3 Å². The lowest BCUT2D eigenvalue weighted by Gasteiger charge is -2.25. The second-order valence-corrected chi connectivity index (χ2v) is 6.35. The van der Waals surface area contributed by atoms with Crippen molar-refractivity contribution in [1.82, 2.24) is 5.32 Å². The van der Waals surface area contributed by atoms with E-state index >= 15 is 0 Å². The highest BCUT2D eigenvalue weighted by Crippen LogP contribution is 2.36. The molecule has 0 fully saturated rings. The van der Waals surface area contributed by atoms with Gasteiger partial charge in [0.05, 0.1) is 41.7 Å². The Balaban J connectivity index is 2.27. The number of nitrogens with zero attached hydrogens (tertiary/aromatic N) is 1. The van der Waals surface area contributed by atoms with Gasteiger partial charge in [-0.15, -0.1) is 0 Å². The smallest absolute Gasteiger partial charge is 0.337 e. The maximum atomic E-state index is 12.1. The van der Waals surface area contributed by atoms with Gasteiger partial charge < -0.3 is 14.8 Å². The zero-order chi connectivity index (χ0) is 19.1. The molecule has 8 heteroatoms. The average Bonchev–Trinajstić information content (AvgIpc) is 2.65. The van der Waals surface area contributed by atoms with Gasteiger partial charge in [-0.3, -0.25) is 9.59 Å². The number of methoxy groups -OCH3 is 1. The number of rotatable bonds is 6. The number of esters is 2. The highest BCUT2D eigenvalue weighted by Gasteiger charge is 2.30. The summed E-state index contributed by atoms with van der Waals surface area (Å²) in [5, 5.41) is 12.6. The molecule has 0 bridgehead atoms. The van der Waals surface area contributed by atoms with Gasteiger partial charge in [-0.2, -0.15) is 5.26 Å². The third-order valence-electron chi connectivity index (χ3n) is 3.73. The highest BCUT2D eigenvalue weighted by molar-refractivity contribution is 8.03. The number of carbonyl (C=O) groups is 3. The standard InChI is InChI=1S/C18H18N2O5S/c1-3-25-16(22)10-26-17-14(9-19)13(8-15(21)20-17)11-4-6-12(7-5-11)18(23)24-2/h4-7,13H,3,8,10H2,1-2H3,(H,20,21)/t13-/m0/s1. The third kappa shape index (κ3) is 4.64. The number of hydrogen-bond donors (Lipinski definition) is 1. The Morgan fingerprint density at radius 2 is 2.04 bits per heavy atom. The molecule has 1 amide bonds. The number of allylic oxidation sites excluding steroid dienone is 1. The fourth-order valence-electron chi connectivity index (χ4n) is 2.52. The molecule has 1 atom stereocenters. The van der Waals surface area contributed by atoms with Crippen LogP contribution >= 0.6 is 11.8 Å². The molecule has 7 nitrogen and oxygen atoms in total. The highest BCUT2D eigenvalue weighted by atomic mass is 32.2. The Morgan fingerprint density at radius 3 is 2.62 bits per heavy atom. The monoisotopic (exact) mass is 374 g/mol. The van der Waals surface area contributed by atoms with Crippen molar-refractivity contribution in [1.29, 1.82) is 5.26 Å². The molecule has 1 N–H and O–H groups in total. The minimum absolute atomic E-state index is 0.00261. The van der Waals surface area contributed by atoms with Gasteiger partial charge in [0.15, 0.2) is 0 Å². The fourth-order valence-corrected chi connectivity index (χ4v) is 3.40. The zero-order valence-electron chi connectivity index (χ0n) is 14.4. The van der Waals surface area contributed by atoms with E-state index in [4.69, 9.17) is 4.74 Å². The first kappa shape index (κ1) is 19.5. The molecule has 26 heavy (non-hydrogen) atoms. The van der Waals surface area contributed by atoms with Gasteiger partial charge in [0.2, 0.25) is 5.91 Å². The van der Waals surface area contributed by atoms with E-state index in [0.717, 1.165) is 17.3 Å². The fraction of sp³-hybridized carbons (Fsp3) is 0.333. The van der Waals surface area contributed by atoms with Crippen molar-refractivity contribution in [2.75, 3.05) is 19.5 Å². The Bertz CT molecular complexity index is 780. The first-order valence-electron chi connectivity index (χ1n) is 7.91. The number of thioether (sulfide) groups is 1. The second-order valence-electron chi connectivity index (χ2n) is 5.37.